The smallest absolute Gasteiger partial charge is 0.323 e. The summed E-state index contributed by atoms with van der Waals surface area (Å²) in [5.41, 5.74) is 3.78. The van der Waals surface area contributed by atoms with Crippen LogP contribution in [0.4, 0.5) is 0 Å². The van der Waals surface area contributed by atoms with Gasteiger partial charge in [-0.1, -0.05) is 48.5 Å². The third-order valence-electron chi connectivity index (χ3n) is 4.10. The van der Waals surface area contributed by atoms with Crippen molar-refractivity contribution in [2.75, 3.05) is 0 Å². The fraction of sp³-hybridized carbons (Fsp3) is 0.0500. The van der Waals surface area contributed by atoms with Crippen LogP contribution in [0.25, 0.3) is 11.1 Å². The molecular weight excluding hydrogens is 288 g/mol. The van der Waals surface area contributed by atoms with E-state index in [4.69, 9.17) is 4.74 Å². The highest BCUT2D eigenvalue weighted by atomic mass is 16.5. The molecule has 1 heterocycles. The van der Waals surface area contributed by atoms with E-state index in [2.05, 4.69) is 0 Å². The van der Waals surface area contributed by atoms with E-state index in [-0.39, 0.29) is 17.6 Å². The van der Waals surface area contributed by atoms with Crippen molar-refractivity contribution in [1.29, 1.82) is 0 Å². The van der Waals surface area contributed by atoms with Gasteiger partial charge in [-0.25, -0.2) is 0 Å². The molecule has 0 saturated heterocycles. The van der Waals surface area contributed by atoms with Gasteiger partial charge in [0.2, 0.25) is 0 Å². The molecule has 1 aliphatic heterocycles. The number of phenolic OH excluding ortho intramolecular Hbond substituents is 1. The Morgan fingerprint density at radius 3 is 2.26 bits per heavy atom. The zero-order valence-corrected chi connectivity index (χ0v) is 12.3. The molecule has 0 aliphatic carbocycles. The normalized spacial score (nSPS) is 16.0. The van der Waals surface area contributed by atoms with Gasteiger partial charge in [0.05, 0.1) is 0 Å². The van der Waals surface area contributed by atoms with Gasteiger partial charge in [0.25, 0.3) is 0 Å². The number of ether oxygens (including phenoxy) is 1. The van der Waals surface area contributed by atoms with Crippen molar-refractivity contribution in [3.05, 3.63) is 83.9 Å². The molecule has 0 aromatic heterocycles. The van der Waals surface area contributed by atoms with Crippen molar-refractivity contribution in [3.63, 3.8) is 0 Å². The Morgan fingerprint density at radius 2 is 1.52 bits per heavy atom. The van der Waals surface area contributed by atoms with Crippen molar-refractivity contribution < 1.29 is 14.6 Å². The molecule has 3 heteroatoms. The van der Waals surface area contributed by atoms with E-state index in [1.54, 1.807) is 12.1 Å². The van der Waals surface area contributed by atoms with E-state index < -0.39 is 0 Å². The van der Waals surface area contributed by atoms with Crippen LogP contribution in [0.2, 0.25) is 0 Å². The molecule has 3 aromatic rings. The number of fused-ring (bicyclic) bond motifs is 1. The van der Waals surface area contributed by atoms with E-state index in [0.29, 0.717) is 5.75 Å². The van der Waals surface area contributed by atoms with Gasteiger partial charge in [-0.2, -0.15) is 0 Å². The molecule has 1 aliphatic rings. The first-order valence-corrected chi connectivity index (χ1v) is 7.42. The predicted molar refractivity (Wildman–Crippen MR) is 87.5 cm³/mol. The Bertz CT molecular complexity index is 867. The quantitative estimate of drug-likeness (QED) is 0.572. The Hall–Kier alpha value is -3.07. The van der Waals surface area contributed by atoms with Crippen LogP contribution in [0.5, 0.6) is 11.5 Å². The highest BCUT2D eigenvalue weighted by Crippen LogP contribution is 2.41. The number of carbonyl (C=O) groups is 1. The maximum absolute atomic E-state index is 12.3. The third-order valence-corrected chi connectivity index (χ3v) is 4.10. The van der Waals surface area contributed by atoms with Crippen molar-refractivity contribution in [1.82, 2.24) is 0 Å². The van der Waals surface area contributed by atoms with Crippen LogP contribution < -0.4 is 4.74 Å². The minimum atomic E-state index is -0.386. The van der Waals surface area contributed by atoms with Crippen LogP contribution in [0, 0.1) is 0 Å². The number of aromatic hydroxyl groups is 1. The van der Waals surface area contributed by atoms with Crippen molar-refractivity contribution in [2.24, 2.45) is 0 Å². The zero-order chi connectivity index (χ0) is 15.8. The van der Waals surface area contributed by atoms with Gasteiger partial charge >= 0.3 is 5.97 Å². The molecule has 3 nitrogen and oxygen atoms in total. The molecule has 1 N–H and O–H groups in total. The molecule has 0 saturated carbocycles. The molecule has 0 bridgehead atoms. The van der Waals surface area contributed by atoms with E-state index >= 15 is 0 Å². The zero-order valence-electron chi connectivity index (χ0n) is 12.3. The Balaban J connectivity index is 1.80. The third kappa shape index (κ3) is 2.36. The van der Waals surface area contributed by atoms with E-state index in [9.17, 15) is 9.90 Å². The Kier molecular flexibility index (Phi) is 3.12. The summed E-state index contributed by atoms with van der Waals surface area (Å²) in [7, 11) is 0. The van der Waals surface area contributed by atoms with E-state index in [1.165, 1.54) is 0 Å². The standard InChI is InChI=1S/C20H14O3/c21-16-9-6-13(7-10-16)15-8-11-18-17(12-15)19(20(22)23-18)14-4-2-1-3-5-14/h1-12,19,21H. The fourth-order valence-corrected chi connectivity index (χ4v) is 2.96. The number of phenols is 1. The predicted octanol–water partition coefficient (Wildman–Crippen LogP) is 4.11. The summed E-state index contributed by atoms with van der Waals surface area (Å²) in [5, 5.41) is 9.42. The lowest BCUT2D eigenvalue weighted by molar-refractivity contribution is -0.133. The van der Waals surface area contributed by atoms with Gasteiger partial charge in [-0.15, -0.1) is 0 Å². The summed E-state index contributed by atoms with van der Waals surface area (Å²) >= 11 is 0. The van der Waals surface area contributed by atoms with Crippen LogP contribution in [0.1, 0.15) is 17.0 Å². The van der Waals surface area contributed by atoms with E-state index in [1.807, 2.05) is 60.7 Å². The second-order valence-electron chi connectivity index (χ2n) is 5.56. The second kappa shape index (κ2) is 5.29. The number of rotatable bonds is 2. The molecular formula is C20H14O3. The summed E-state index contributed by atoms with van der Waals surface area (Å²) in [6.45, 7) is 0. The second-order valence-corrected chi connectivity index (χ2v) is 5.56. The van der Waals surface area contributed by atoms with Gasteiger partial charge < -0.3 is 9.84 Å². The lowest BCUT2D eigenvalue weighted by Crippen LogP contribution is -2.11. The highest BCUT2D eigenvalue weighted by Gasteiger charge is 2.34. The topological polar surface area (TPSA) is 46.5 Å². The van der Waals surface area contributed by atoms with Crippen LogP contribution >= 0.6 is 0 Å². The molecule has 4 rings (SSSR count). The lowest BCUT2D eigenvalue weighted by Gasteiger charge is -2.09. The summed E-state index contributed by atoms with van der Waals surface area (Å²) in [4.78, 5) is 12.3. The number of carbonyl (C=O) groups excluding carboxylic acids is 1. The first-order chi connectivity index (χ1) is 11.2. The van der Waals surface area contributed by atoms with Crippen molar-refractivity contribution >= 4 is 5.97 Å². The number of hydrogen-bond donors (Lipinski definition) is 1. The fourth-order valence-electron chi connectivity index (χ4n) is 2.96. The number of benzene rings is 3. The first-order valence-electron chi connectivity index (χ1n) is 7.42. The van der Waals surface area contributed by atoms with Crippen LogP contribution in [-0.4, -0.2) is 11.1 Å². The summed E-state index contributed by atoms with van der Waals surface area (Å²) in [6.07, 6.45) is 0. The average molecular weight is 302 g/mol. The molecule has 23 heavy (non-hydrogen) atoms. The van der Waals surface area contributed by atoms with Crippen molar-refractivity contribution in [3.8, 4) is 22.6 Å². The van der Waals surface area contributed by atoms with Gasteiger partial charge in [0.1, 0.15) is 17.4 Å². The summed E-state index contributed by atoms with van der Waals surface area (Å²) in [6, 6.07) is 22.4. The first kappa shape index (κ1) is 13.6. The Morgan fingerprint density at radius 1 is 0.826 bits per heavy atom. The van der Waals surface area contributed by atoms with Gasteiger partial charge in [-0.05, 0) is 41.0 Å². The SMILES string of the molecule is O=C1Oc2ccc(-c3ccc(O)cc3)cc2C1c1ccccc1. The number of esters is 1. The molecule has 0 radical (unpaired) electrons. The molecule has 0 spiro atoms. The van der Waals surface area contributed by atoms with E-state index in [0.717, 1.165) is 22.3 Å². The minimum absolute atomic E-state index is 0.232. The summed E-state index contributed by atoms with van der Waals surface area (Å²) in [5.74, 6) is 0.222. The largest absolute Gasteiger partial charge is 0.508 e. The average Bonchev–Trinajstić information content (AvgIpc) is 2.91. The maximum Gasteiger partial charge on any atom is 0.323 e. The van der Waals surface area contributed by atoms with Gasteiger partial charge in [-0.3, -0.25) is 4.79 Å². The molecule has 3 aromatic carbocycles. The van der Waals surface area contributed by atoms with Crippen LogP contribution in [0.15, 0.2) is 72.8 Å². The number of hydrogen-bond acceptors (Lipinski definition) is 3. The van der Waals surface area contributed by atoms with Crippen molar-refractivity contribution in [2.45, 2.75) is 5.92 Å². The Labute approximate surface area is 133 Å². The molecule has 112 valence electrons. The van der Waals surface area contributed by atoms with Crippen LogP contribution in [-0.2, 0) is 4.79 Å². The molecule has 1 atom stereocenters. The monoisotopic (exact) mass is 302 g/mol. The minimum Gasteiger partial charge on any atom is -0.508 e. The molecule has 0 fully saturated rings. The van der Waals surface area contributed by atoms with Crippen LogP contribution in [0.3, 0.4) is 0 Å². The molecule has 1 unspecified atom stereocenters. The highest BCUT2D eigenvalue weighted by molar-refractivity contribution is 5.90. The van der Waals surface area contributed by atoms with Gasteiger partial charge in [0, 0.05) is 5.56 Å². The summed E-state index contributed by atoms with van der Waals surface area (Å²) < 4.78 is 5.40. The van der Waals surface area contributed by atoms with Gasteiger partial charge in [0.15, 0.2) is 0 Å². The molecule has 0 amide bonds. The lowest BCUT2D eigenvalue weighted by atomic mass is 9.90. The maximum atomic E-state index is 12.3.